The lowest BCUT2D eigenvalue weighted by Crippen LogP contribution is -2.51. The van der Waals surface area contributed by atoms with Crippen LogP contribution >= 0.6 is 11.3 Å². The third-order valence-electron chi connectivity index (χ3n) is 5.91. The zero-order valence-corrected chi connectivity index (χ0v) is 17.8. The standard InChI is InChI=1S/C21H28N6O2S/c28-19(24-20-25-22-15-30-20)17-6-12-27(13-7-17)21(29)23-18-8-10-26(11-9-18)14-16-4-2-1-3-5-16/h1-5,15,17-18H,6-14H2,(H,23,29)(H,24,25,28). The first-order chi connectivity index (χ1) is 14.7. The van der Waals surface area contributed by atoms with E-state index in [-0.39, 0.29) is 23.9 Å². The van der Waals surface area contributed by atoms with Gasteiger partial charge in [0.05, 0.1) is 0 Å². The first-order valence-electron chi connectivity index (χ1n) is 10.6. The fourth-order valence-electron chi connectivity index (χ4n) is 4.12. The van der Waals surface area contributed by atoms with E-state index in [4.69, 9.17) is 0 Å². The highest BCUT2D eigenvalue weighted by Crippen LogP contribution is 2.21. The van der Waals surface area contributed by atoms with Crippen molar-refractivity contribution in [3.63, 3.8) is 0 Å². The highest BCUT2D eigenvalue weighted by atomic mass is 32.1. The van der Waals surface area contributed by atoms with Gasteiger partial charge in [0, 0.05) is 44.7 Å². The lowest BCUT2D eigenvalue weighted by molar-refractivity contribution is -0.121. The molecule has 0 spiro atoms. The molecule has 3 heterocycles. The summed E-state index contributed by atoms with van der Waals surface area (Å²) in [6.07, 6.45) is 3.29. The first-order valence-corrected chi connectivity index (χ1v) is 11.4. The summed E-state index contributed by atoms with van der Waals surface area (Å²) in [5, 5.41) is 14.1. The molecule has 4 rings (SSSR count). The summed E-state index contributed by atoms with van der Waals surface area (Å²) in [4.78, 5) is 29.3. The molecule has 1 aromatic carbocycles. The van der Waals surface area contributed by atoms with Gasteiger partial charge in [-0.05, 0) is 31.2 Å². The molecule has 3 amide bonds. The van der Waals surface area contributed by atoms with Crippen molar-refractivity contribution in [2.75, 3.05) is 31.5 Å². The summed E-state index contributed by atoms with van der Waals surface area (Å²) in [5.41, 5.74) is 2.92. The Bertz CT molecular complexity index is 815. The molecule has 2 aromatic rings. The van der Waals surface area contributed by atoms with Gasteiger partial charge in [-0.3, -0.25) is 9.69 Å². The summed E-state index contributed by atoms with van der Waals surface area (Å²) < 4.78 is 0. The topological polar surface area (TPSA) is 90.5 Å². The van der Waals surface area contributed by atoms with Crippen LogP contribution in [0.4, 0.5) is 9.93 Å². The molecule has 1 aromatic heterocycles. The van der Waals surface area contributed by atoms with Crippen LogP contribution in [-0.4, -0.2) is 64.2 Å². The molecule has 0 radical (unpaired) electrons. The summed E-state index contributed by atoms with van der Waals surface area (Å²) in [7, 11) is 0. The summed E-state index contributed by atoms with van der Waals surface area (Å²) in [6, 6.07) is 10.7. The molecule has 9 heteroatoms. The van der Waals surface area contributed by atoms with Crippen LogP contribution in [0.2, 0.25) is 0 Å². The number of rotatable bonds is 5. The van der Waals surface area contributed by atoms with E-state index < -0.39 is 0 Å². The van der Waals surface area contributed by atoms with Crippen molar-refractivity contribution in [3.8, 4) is 0 Å². The summed E-state index contributed by atoms with van der Waals surface area (Å²) in [5.74, 6) is -0.114. The number of urea groups is 1. The van der Waals surface area contributed by atoms with Crippen molar-refractivity contribution in [1.29, 1.82) is 0 Å². The summed E-state index contributed by atoms with van der Waals surface area (Å²) in [6.45, 7) is 4.16. The Kier molecular flexibility index (Phi) is 6.91. The third-order valence-corrected chi connectivity index (χ3v) is 6.51. The average molecular weight is 429 g/mol. The Balaban J connectivity index is 1.16. The van der Waals surface area contributed by atoms with E-state index in [9.17, 15) is 9.59 Å². The number of amides is 3. The number of likely N-dealkylation sites (tertiary alicyclic amines) is 2. The quantitative estimate of drug-likeness (QED) is 0.764. The van der Waals surface area contributed by atoms with Gasteiger partial charge in [-0.15, -0.1) is 10.2 Å². The third kappa shape index (κ3) is 5.54. The van der Waals surface area contributed by atoms with E-state index in [1.165, 1.54) is 16.9 Å². The maximum absolute atomic E-state index is 12.7. The number of anilines is 1. The van der Waals surface area contributed by atoms with Crippen LogP contribution in [0.3, 0.4) is 0 Å². The van der Waals surface area contributed by atoms with E-state index in [2.05, 4.69) is 50.0 Å². The highest BCUT2D eigenvalue weighted by molar-refractivity contribution is 7.13. The van der Waals surface area contributed by atoms with Gasteiger partial charge in [-0.25, -0.2) is 4.79 Å². The van der Waals surface area contributed by atoms with E-state index in [1.807, 2.05) is 11.0 Å². The zero-order chi connectivity index (χ0) is 20.8. The van der Waals surface area contributed by atoms with Crippen molar-refractivity contribution < 1.29 is 9.59 Å². The lowest BCUT2D eigenvalue weighted by Gasteiger charge is -2.35. The second-order valence-electron chi connectivity index (χ2n) is 7.98. The second-order valence-corrected chi connectivity index (χ2v) is 8.81. The SMILES string of the molecule is O=C(Nc1nncs1)C1CCN(C(=O)NC2CCN(Cc3ccccc3)CC2)CC1. The van der Waals surface area contributed by atoms with Gasteiger partial charge >= 0.3 is 6.03 Å². The van der Waals surface area contributed by atoms with Gasteiger partial charge in [0.2, 0.25) is 11.0 Å². The number of nitrogens with zero attached hydrogens (tertiary/aromatic N) is 4. The molecule has 0 saturated carbocycles. The number of carbonyl (C=O) groups is 2. The predicted molar refractivity (Wildman–Crippen MR) is 116 cm³/mol. The minimum atomic E-state index is -0.0841. The molecule has 0 aliphatic carbocycles. The number of hydrogen-bond acceptors (Lipinski definition) is 6. The minimum absolute atomic E-state index is 0.000471. The molecule has 0 unspecified atom stereocenters. The van der Waals surface area contributed by atoms with Crippen LogP contribution in [0.1, 0.15) is 31.2 Å². The molecule has 2 N–H and O–H groups in total. The van der Waals surface area contributed by atoms with Gasteiger partial charge in [0.25, 0.3) is 0 Å². The monoisotopic (exact) mass is 428 g/mol. The molecule has 2 saturated heterocycles. The lowest BCUT2D eigenvalue weighted by atomic mass is 9.96. The Morgan fingerprint density at radius 2 is 1.77 bits per heavy atom. The Morgan fingerprint density at radius 3 is 2.43 bits per heavy atom. The van der Waals surface area contributed by atoms with Gasteiger partial charge in [0.1, 0.15) is 5.51 Å². The predicted octanol–water partition coefficient (Wildman–Crippen LogP) is 2.56. The molecular weight excluding hydrogens is 400 g/mol. The van der Waals surface area contributed by atoms with Crippen molar-refractivity contribution in [2.24, 2.45) is 5.92 Å². The smallest absolute Gasteiger partial charge is 0.317 e. The molecule has 2 fully saturated rings. The van der Waals surface area contributed by atoms with Crippen LogP contribution < -0.4 is 10.6 Å². The molecule has 0 bridgehead atoms. The van der Waals surface area contributed by atoms with Crippen LogP contribution in [0.15, 0.2) is 35.8 Å². The number of piperidine rings is 2. The van der Waals surface area contributed by atoms with E-state index >= 15 is 0 Å². The largest absolute Gasteiger partial charge is 0.335 e. The highest BCUT2D eigenvalue weighted by Gasteiger charge is 2.29. The van der Waals surface area contributed by atoms with Crippen LogP contribution in [-0.2, 0) is 11.3 Å². The molecule has 8 nitrogen and oxygen atoms in total. The fourth-order valence-corrected chi connectivity index (χ4v) is 4.57. The molecule has 2 aliphatic rings. The van der Waals surface area contributed by atoms with Crippen LogP contribution in [0.5, 0.6) is 0 Å². The van der Waals surface area contributed by atoms with Gasteiger partial charge in [0.15, 0.2) is 0 Å². The number of hydrogen-bond donors (Lipinski definition) is 2. The first kappa shape index (κ1) is 20.7. The molecule has 0 atom stereocenters. The molecule has 30 heavy (non-hydrogen) atoms. The molecule has 2 aliphatic heterocycles. The maximum Gasteiger partial charge on any atom is 0.317 e. The fraction of sp³-hybridized carbons (Fsp3) is 0.524. The van der Waals surface area contributed by atoms with E-state index in [0.29, 0.717) is 31.1 Å². The Hall–Kier alpha value is -2.52. The van der Waals surface area contributed by atoms with Gasteiger partial charge < -0.3 is 15.5 Å². The average Bonchev–Trinajstić information content (AvgIpc) is 3.29. The van der Waals surface area contributed by atoms with Crippen LogP contribution in [0, 0.1) is 5.92 Å². The minimum Gasteiger partial charge on any atom is -0.335 e. The number of carbonyl (C=O) groups excluding carboxylic acids is 2. The second kappa shape index (κ2) is 9.99. The van der Waals surface area contributed by atoms with Crippen molar-refractivity contribution >= 4 is 28.4 Å². The number of nitrogens with one attached hydrogen (secondary N) is 2. The van der Waals surface area contributed by atoms with E-state index in [1.54, 1.807) is 5.51 Å². The zero-order valence-electron chi connectivity index (χ0n) is 17.0. The Labute approximate surface area is 180 Å². The maximum atomic E-state index is 12.7. The molecule has 160 valence electrons. The van der Waals surface area contributed by atoms with Crippen molar-refractivity contribution in [2.45, 2.75) is 38.3 Å². The van der Waals surface area contributed by atoms with E-state index in [0.717, 1.165) is 32.5 Å². The normalized spacial score (nSPS) is 18.9. The van der Waals surface area contributed by atoms with Crippen molar-refractivity contribution in [1.82, 2.24) is 25.3 Å². The number of benzene rings is 1. The Morgan fingerprint density at radius 1 is 1.03 bits per heavy atom. The molecular formula is C21H28N6O2S. The van der Waals surface area contributed by atoms with Gasteiger partial charge in [-0.1, -0.05) is 41.7 Å². The van der Waals surface area contributed by atoms with Crippen LogP contribution in [0.25, 0.3) is 0 Å². The summed E-state index contributed by atoms with van der Waals surface area (Å²) >= 11 is 1.31. The van der Waals surface area contributed by atoms with Crippen molar-refractivity contribution in [3.05, 3.63) is 41.4 Å². The van der Waals surface area contributed by atoms with Gasteiger partial charge in [-0.2, -0.15) is 0 Å². The number of aromatic nitrogens is 2.